The van der Waals surface area contributed by atoms with Crippen molar-refractivity contribution in [3.05, 3.63) is 56.8 Å². The van der Waals surface area contributed by atoms with Gasteiger partial charge in [-0.3, -0.25) is 4.79 Å². The number of amides is 1. The SMILES string of the molecule is CCc1ccc(C(C)=NNC(=O)c2ccc(C)c(C)c2)s1. The van der Waals surface area contributed by atoms with Crippen molar-refractivity contribution in [2.75, 3.05) is 0 Å². The van der Waals surface area contributed by atoms with Crippen LogP contribution in [0.25, 0.3) is 0 Å². The molecule has 1 aromatic carbocycles. The first-order valence-corrected chi connectivity index (χ1v) is 7.84. The third kappa shape index (κ3) is 3.79. The first kappa shape index (κ1) is 15.4. The third-order valence-electron chi connectivity index (χ3n) is 3.46. The van der Waals surface area contributed by atoms with E-state index in [-0.39, 0.29) is 5.91 Å². The predicted octanol–water partition coefficient (Wildman–Crippen LogP) is 4.08. The lowest BCUT2D eigenvalue weighted by Gasteiger charge is -2.04. The van der Waals surface area contributed by atoms with Gasteiger partial charge in [0.1, 0.15) is 0 Å². The molecule has 0 fully saturated rings. The van der Waals surface area contributed by atoms with Crippen LogP contribution in [0, 0.1) is 13.8 Å². The zero-order valence-corrected chi connectivity index (χ0v) is 13.7. The van der Waals surface area contributed by atoms with Gasteiger partial charge in [0.05, 0.1) is 10.6 Å². The Labute approximate surface area is 129 Å². The molecule has 2 aromatic rings. The van der Waals surface area contributed by atoms with Gasteiger partial charge in [0.15, 0.2) is 0 Å². The van der Waals surface area contributed by atoms with E-state index in [2.05, 4.69) is 23.5 Å². The van der Waals surface area contributed by atoms with Gasteiger partial charge in [-0.15, -0.1) is 11.3 Å². The Kier molecular flexibility index (Phi) is 4.91. The number of carbonyl (C=O) groups excluding carboxylic acids is 1. The largest absolute Gasteiger partial charge is 0.271 e. The minimum atomic E-state index is -0.176. The maximum absolute atomic E-state index is 12.1. The molecule has 0 unspecified atom stereocenters. The van der Waals surface area contributed by atoms with Crippen LogP contribution in [-0.2, 0) is 6.42 Å². The van der Waals surface area contributed by atoms with Gasteiger partial charge in [0.2, 0.25) is 0 Å². The Hall–Kier alpha value is -1.94. The van der Waals surface area contributed by atoms with E-state index >= 15 is 0 Å². The normalized spacial score (nSPS) is 11.5. The number of hydrogen-bond acceptors (Lipinski definition) is 3. The first-order valence-electron chi connectivity index (χ1n) is 7.02. The van der Waals surface area contributed by atoms with Gasteiger partial charge in [0.25, 0.3) is 5.91 Å². The Morgan fingerprint density at radius 2 is 1.95 bits per heavy atom. The third-order valence-corrected chi connectivity index (χ3v) is 4.80. The lowest BCUT2D eigenvalue weighted by Crippen LogP contribution is -2.19. The van der Waals surface area contributed by atoms with Crippen molar-refractivity contribution in [1.29, 1.82) is 0 Å². The molecule has 4 heteroatoms. The van der Waals surface area contributed by atoms with E-state index in [1.165, 1.54) is 10.4 Å². The molecule has 110 valence electrons. The van der Waals surface area contributed by atoms with E-state index in [4.69, 9.17) is 0 Å². The maximum atomic E-state index is 12.1. The fourth-order valence-electron chi connectivity index (χ4n) is 1.90. The van der Waals surface area contributed by atoms with Crippen molar-refractivity contribution in [1.82, 2.24) is 5.43 Å². The molecule has 0 spiro atoms. The fraction of sp³-hybridized carbons (Fsp3) is 0.294. The summed E-state index contributed by atoms with van der Waals surface area (Å²) in [5.74, 6) is -0.176. The van der Waals surface area contributed by atoms with E-state index in [0.717, 1.165) is 22.6 Å². The molecule has 0 radical (unpaired) electrons. The summed E-state index contributed by atoms with van der Waals surface area (Å²) in [4.78, 5) is 14.5. The van der Waals surface area contributed by atoms with E-state index in [0.29, 0.717) is 5.56 Å². The van der Waals surface area contributed by atoms with Crippen molar-refractivity contribution >= 4 is 23.0 Å². The zero-order chi connectivity index (χ0) is 15.4. The number of nitrogens with one attached hydrogen (secondary N) is 1. The summed E-state index contributed by atoms with van der Waals surface area (Å²) in [6, 6.07) is 9.81. The summed E-state index contributed by atoms with van der Waals surface area (Å²) >= 11 is 1.71. The molecule has 0 aliphatic rings. The van der Waals surface area contributed by atoms with E-state index in [1.807, 2.05) is 45.0 Å². The van der Waals surface area contributed by atoms with Crippen LogP contribution in [0.2, 0.25) is 0 Å². The lowest BCUT2D eigenvalue weighted by molar-refractivity contribution is 0.0955. The number of carbonyl (C=O) groups is 1. The fourth-order valence-corrected chi connectivity index (χ4v) is 2.79. The molecule has 0 aliphatic carbocycles. The van der Waals surface area contributed by atoms with Crippen molar-refractivity contribution in [3.63, 3.8) is 0 Å². The molecule has 1 heterocycles. The van der Waals surface area contributed by atoms with Crippen molar-refractivity contribution in [2.24, 2.45) is 5.10 Å². The average Bonchev–Trinajstić information content (AvgIpc) is 2.96. The summed E-state index contributed by atoms with van der Waals surface area (Å²) in [5, 5.41) is 4.20. The van der Waals surface area contributed by atoms with E-state index in [9.17, 15) is 4.79 Å². The Morgan fingerprint density at radius 3 is 2.57 bits per heavy atom. The van der Waals surface area contributed by atoms with Crippen LogP contribution < -0.4 is 5.43 Å². The van der Waals surface area contributed by atoms with E-state index < -0.39 is 0 Å². The highest BCUT2D eigenvalue weighted by molar-refractivity contribution is 7.14. The van der Waals surface area contributed by atoms with Crippen LogP contribution in [0.4, 0.5) is 0 Å². The number of hydrogen-bond donors (Lipinski definition) is 1. The van der Waals surface area contributed by atoms with Gasteiger partial charge in [-0.05, 0) is 62.6 Å². The molecule has 0 saturated heterocycles. The van der Waals surface area contributed by atoms with E-state index in [1.54, 1.807) is 11.3 Å². The highest BCUT2D eigenvalue weighted by Gasteiger charge is 2.07. The summed E-state index contributed by atoms with van der Waals surface area (Å²) in [5.41, 5.74) is 6.38. The summed E-state index contributed by atoms with van der Waals surface area (Å²) in [7, 11) is 0. The minimum Gasteiger partial charge on any atom is -0.267 e. The minimum absolute atomic E-state index is 0.176. The van der Waals surface area contributed by atoms with Gasteiger partial charge in [-0.2, -0.15) is 5.10 Å². The topological polar surface area (TPSA) is 41.5 Å². The highest BCUT2D eigenvalue weighted by Crippen LogP contribution is 2.17. The highest BCUT2D eigenvalue weighted by atomic mass is 32.1. The second-order valence-corrected chi connectivity index (χ2v) is 6.23. The first-order chi connectivity index (χ1) is 10.0. The smallest absolute Gasteiger partial charge is 0.267 e. The van der Waals surface area contributed by atoms with Crippen molar-refractivity contribution < 1.29 is 4.79 Å². The van der Waals surface area contributed by atoms with Crippen LogP contribution in [0.15, 0.2) is 35.4 Å². The Balaban J connectivity index is 2.08. The predicted molar refractivity (Wildman–Crippen MR) is 89.3 cm³/mol. The molecule has 2 rings (SSSR count). The maximum Gasteiger partial charge on any atom is 0.271 e. The number of aryl methyl sites for hydroxylation is 3. The summed E-state index contributed by atoms with van der Waals surface area (Å²) in [6.07, 6.45) is 1.02. The molecule has 1 amide bonds. The number of hydrazone groups is 1. The second kappa shape index (κ2) is 6.68. The molecule has 0 saturated carbocycles. The van der Waals surface area contributed by atoms with Crippen LogP contribution in [0.3, 0.4) is 0 Å². The molecule has 1 aromatic heterocycles. The second-order valence-electron chi connectivity index (χ2n) is 5.06. The van der Waals surface area contributed by atoms with Gasteiger partial charge in [0, 0.05) is 10.4 Å². The number of thiophene rings is 1. The lowest BCUT2D eigenvalue weighted by atomic mass is 10.1. The molecule has 0 aliphatic heterocycles. The molecular weight excluding hydrogens is 280 g/mol. The van der Waals surface area contributed by atoms with Crippen LogP contribution >= 0.6 is 11.3 Å². The van der Waals surface area contributed by atoms with Crippen LogP contribution in [0.1, 0.15) is 45.1 Å². The standard InChI is InChI=1S/C17H20N2OS/c1-5-15-8-9-16(21-15)13(4)18-19-17(20)14-7-6-11(2)12(3)10-14/h6-10H,5H2,1-4H3,(H,19,20). The molecule has 1 N–H and O–H groups in total. The Bertz CT molecular complexity index is 686. The number of nitrogens with zero attached hydrogens (tertiary/aromatic N) is 1. The molecule has 0 atom stereocenters. The van der Waals surface area contributed by atoms with Gasteiger partial charge in [-0.1, -0.05) is 13.0 Å². The van der Waals surface area contributed by atoms with Crippen molar-refractivity contribution in [2.45, 2.75) is 34.1 Å². The zero-order valence-electron chi connectivity index (χ0n) is 12.9. The molecular formula is C17H20N2OS. The molecule has 21 heavy (non-hydrogen) atoms. The quantitative estimate of drug-likeness (QED) is 0.671. The number of rotatable bonds is 4. The summed E-state index contributed by atoms with van der Waals surface area (Å²) in [6.45, 7) is 8.06. The monoisotopic (exact) mass is 300 g/mol. The molecule has 3 nitrogen and oxygen atoms in total. The van der Waals surface area contributed by atoms with Gasteiger partial charge in [-0.25, -0.2) is 5.43 Å². The number of benzene rings is 1. The van der Waals surface area contributed by atoms with Crippen LogP contribution in [0.5, 0.6) is 0 Å². The Morgan fingerprint density at radius 1 is 1.19 bits per heavy atom. The average molecular weight is 300 g/mol. The summed E-state index contributed by atoms with van der Waals surface area (Å²) < 4.78 is 0. The molecule has 0 bridgehead atoms. The van der Waals surface area contributed by atoms with Crippen LogP contribution in [-0.4, -0.2) is 11.6 Å². The van der Waals surface area contributed by atoms with Gasteiger partial charge < -0.3 is 0 Å². The van der Waals surface area contributed by atoms with Crippen molar-refractivity contribution in [3.8, 4) is 0 Å². The van der Waals surface area contributed by atoms with Gasteiger partial charge >= 0.3 is 0 Å².